The maximum atomic E-state index is 12.5. The monoisotopic (exact) mass is 287 g/mol. The van der Waals surface area contributed by atoms with E-state index in [1.807, 2.05) is 6.92 Å². The number of hydrogen-bond acceptors (Lipinski definition) is 4. The van der Waals surface area contributed by atoms with Crippen LogP contribution in [0.2, 0.25) is 0 Å². The Morgan fingerprint density at radius 1 is 1.56 bits per heavy atom. The zero-order chi connectivity index (χ0) is 13.8. The maximum Gasteiger partial charge on any atom is 0.245 e. The number of sulfonamides is 1. The molecule has 0 atom stereocenters. The Morgan fingerprint density at radius 3 is 2.72 bits per heavy atom. The van der Waals surface area contributed by atoms with E-state index in [4.69, 9.17) is 6.42 Å². The van der Waals surface area contributed by atoms with E-state index in [1.54, 1.807) is 12.3 Å². The molecule has 100 valence electrons. The Hall–Kier alpha value is -0.870. The van der Waals surface area contributed by atoms with E-state index < -0.39 is 10.0 Å². The average molecular weight is 287 g/mol. The van der Waals surface area contributed by atoms with Crippen LogP contribution in [-0.2, 0) is 16.6 Å². The van der Waals surface area contributed by atoms with E-state index in [-0.39, 0.29) is 18.0 Å². The highest BCUT2D eigenvalue weighted by Crippen LogP contribution is 2.29. The molecule has 1 N–H and O–H groups in total. The van der Waals surface area contributed by atoms with E-state index in [0.29, 0.717) is 23.4 Å². The summed E-state index contributed by atoms with van der Waals surface area (Å²) in [4.78, 5) is 0.671. The molecule has 0 saturated carbocycles. The van der Waals surface area contributed by atoms with Crippen LogP contribution < -0.4 is 0 Å². The van der Waals surface area contributed by atoms with Crippen LogP contribution in [0, 0.1) is 19.3 Å². The second-order valence-corrected chi connectivity index (χ2v) is 6.71. The summed E-state index contributed by atoms with van der Waals surface area (Å²) in [6.45, 7) is 3.78. The van der Waals surface area contributed by atoms with Crippen molar-refractivity contribution in [3.8, 4) is 12.3 Å². The summed E-state index contributed by atoms with van der Waals surface area (Å²) in [7, 11) is -3.61. The normalized spacial score (nSPS) is 11.7. The molecule has 0 aliphatic carbocycles. The third-order valence-electron chi connectivity index (χ3n) is 2.47. The number of terminal acetylenes is 1. The Kier molecular flexibility index (Phi) is 5.35. The van der Waals surface area contributed by atoms with E-state index >= 15 is 0 Å². The summed E-state index contributed by atoms with van der Waals surface area (Å²) >= 11 is 1.25. The van der Waals surface area contributed by atoms with Crippen LogP contribution in [0.5, 0.6) is 0 Å². The molecule has 1 aromatic heterocycles. The van der Waals surface area contributed by atoms with Crippen molar-refractivity contribution in [1.29, 1.82) is 0 Å². The van der Waals surface area contributed by atoms with Gasteiger partial charge in [0.05, 0.1) is 18.0 Å². The van der Waals surface area contributed by atoms with Gasteiger partial charge in [0.2, 0.25) is 10.0 Å². The molecule has 0 fully saturated rings. The van der Waals surface area contributed by atoms with Crippen molar-refractivity contribution in [3.63, 3.8) is 0 Å². The first kappa shape index (κ1) is 15.2. The van der Waals surface area contributed by atoms with E-state index in [9.17, 15) is 13.5 Å². The Morgan fingerprint density at radius 2 is 2.22 bits per heavy atom. The quantitative estimate of drug-likeness (QED) is 0.808. The van der Waals surface area contributed by atoms with E-state index in [1.165, 1.54) is 15.6 Å². The number of nitrogens with zero attached hydrogens (tertiary/aromatic N) is 1. The summed E-state index contributed by atoms with van der Waals surface area (Å²) < 4.78 is 26.3. The summed E-state index contributed by atoms with van der Waals surface area (Å²) in [6.07, 6.45) is 5.91. The number of rotatable bonds is 6. The molecule has 0 unspecified atom stereocenters. The minimum atomic E-state index is -3.61. The van der Waals surface area contributed by atoms with Crippen molar-refractivity contribution >= 4 is 21.4 Å². The molecule has 18 heavy (non-hydrogen) atoms. The van der Waals surface area contributed by atoms with Gasteiger partial charge >= 0.3 is 0 Å². The van der Waals surface area contributed by atoms with Gasteiger partial charge in [0.15, 0.2) is 0 Å². The predicted octanol–water partition coefficient (Wildman–Crippen LogP) is 1.58. The van der Waals surface area contributed by atoms with Crippen molar-refractivity contribution in [2.45, 2.75) is 31.8 Å². The lowest BCUT2D eigenvalue weighted by atomic mass is 10.3. The van der Waals surface area contributed by atoms with Gasteiger partial charge in [-0.25, -0.2) is 8.42 Å². The predicted molar refractivity (Wildman–Crippen MR) is 72.9 cm³/mol. The zero-order valence-corrected chi connectivity index (χ0v) is 12.1. The standard InChI is InChI=1S/C12H17NO3S2/c1-4-6-13(7-5-2)18(15,16)12-10(3)9-17-11(12)8-14/h1,9,14H,5-8H2,2-3H3. The van der Waals surface area contributed by atoms with E-state index in [2.05, 4.69) is 5.92 Å². The first-order chi connectivity index (χ1) is 8.48. The average Bonchev–Trinajstić information content (AvgIpc) is 2.70. The molecule has 1 aromatic rings. The van der Waals surface area contributed by atoms with Gasteiger partial charge in [0, 0.05) is 6.54 Å². The molecule has 0 radical (unpaired) electrons. The van der Waals surface area contributed by atoms with Gasteiger partial charge in [0.1, 0.15) is 4.90 Å². The second kappa shape index (κ2) is 6.34. The molecule has 1 heterocycles. The fourth-order valence-corrected chi connectivity index (χ4v) is 4.77. The highest BCUT2D eigenvalue weighted by molar-refractivity contribution is 7.89. The van der Waals surface area contributed by atoms with Crippen LogP contribution >= 0.6 is 11.3 Å². The number of aliphatic hydroxyl groups excluding tert-OH is 1. The third-order valence-corrected chi connectivity index (χ3v) is 5.77. The molecule has 1 rings (SSSR count). The number of hydrogen-bond donors (Lipinski definition) is 1. The van der Waals surface area contributed by atoms with Gasteiger partial charge in [-0.05, 0) is 24.3 Å². The molecule has 0 aromatic carbocycles. The van der Waals surface area contributed by atoms with Gasteiger partial charge in [-0.1, -0.05) is 12.8 Å². The fourth-order valence-electron chi connectivity index (χ4n) is 1.71. The lowest BCUT2D eigenvalue weighted by molar-refractivity contribution is 0.282. The summed E-state index contributed by atoms with van der Waals surface area (Å²) in [5.74, 6) is 2.37. The van der Waals surface area contributed by atoms with E-state index in [0.717, 1.165) is 0 Å². The first-order valence-electron chi connectivity index (χ1n) is 5.60. The van der Waals surface area contributed by atoms with Crippen LogP contribution in [0.25, 0.3) is 0 Å². The second-order valence-electron chi connectivity index (χ2n) is 3.87. The van der Waals surface area contributed by atoms with Crippen molar-refractivity contribution < 1.29 is 13.5 Å². The van der Waals surface area contributed by atoms with Crippen LogP contribution in [-0.4, -0.2) is 30.9 Å². The lowest BCUT2D eigenvalue weighted by Crippen LogP contribution is -2.32. The largest absolute Gasteiger partial charge is 0.391 e. The Labute approximate surface area is 112 Å². The minimum absolute atomic E-state index is 0.0519. The molecule has 0 saturated heterocycles. The molecule has 0 bridgehead atoms. The molecule has 6 heteroatoms. The minimum Gasteiger partial charge on any atom is -0.391 e. The van der Waals surface area contributed by atoms with Crippen LogP contribution in [0.1, 0.15) is 23.8 Å². The summed E-state index contributed by atoms with van der Waals surface area (Å²) in [6, 6.07) is 0. The Balaban J connectivity index is 3.26. The van der Waals surface area contributed by atoms with Crippen LogP contribution in [0.15, 0.2) is 10.3 Å². The zero-order valence-electron chi connectivity index (χ0n) is 10.5. The van der Waals surface area contributed by atoms with Crippen LogP contribution in [0.4, 0.5) is 0 Å². The third kappa shape index (κ3) is 2.93. The molecule has 0 amide bonds. The van der Waals surface area contributed by atoms with Crippen LogP contribution in [0.3, 0.4) is 0 Å². The molecule has 0 spiro atoms. The van der Waals surface area contributed by atoms with Gasteiger partial charge < -0.3 is 5.11 Å². The van der Waals surface area contributed by atoms with Gasteiger partial charge in [-0.15, -0.1) is 17.8 Å². The summed E-state index contributed by atoms with van der Waals surface area (Å²) in [5, 5.41) is 11.0. The number of aliphatic hydroxyl groups is 1. The fraction of sp³-hybridized carbons (Fsp3) is 0.500. The SMILES string of the molecule is C#CCN(CCC)S(=O)(=O)c1c(C)csc1CO. The summed E-state index contributed by atoms with van der Waals surface area (Å²) in [5.41, 5.74) is 0.655. The van der Waals surface area contributed by atoms with Crippen molar-refractivity contribution in [1.82, 2.24) is 4.31 Å². The number of thiophene rings is 1. The van der Waals surface area contributed by atoms with Crippen molar-refractivity contribution in [2.75, 3.05) is 13.1 Å². The van der Waals surface area contributed by atoms with Gasteiger partial charge in [-0.2, -0.15) is 4.31 Å². The maximum absolute atomic E-state index is 12.5. The van der Waals surface area contributed by atoms with Gasteiger partial charge in [0.25, 0.3) is 0 Å². The highest BCUT2D eigenvalue weighted by Gasteiger charge is 2.28. The van der Waals surface area contributed by atoms with Gasteiger partial charge in [-0.3, -0.25) is 0 Å². The molecular formula is C12H17NO3S2. The molecule has 4 nitrogen and oxygen atoms in total. The molecule has 0 aliphatic rings. The first-order valence-corrected chi connectivity index (χ1v) is 7.92. The topological polar surface area (TPSA) is 57.6 Å². The Bertz CT molecular complexity index is 540. The molecule has 0 aliphatic heterocycles. The number of aryl methyl sites for hydroxylation is 1. The smallest absolute Gasteiger partial charge is 0.245 e. The van der Waals surface area contributed by atoms with Crippen molar-refractivity contribution in [2.24, 2.45) is 0 Å². The highest BCUT2D eigenvalue weighted by atomic mass is 32.2. The lowest BCUT2D eigenvalue weighted by Gasteiger charge is -2.19. The molecular weight excluding hydrogens is 270 g/mol. The van der Waals surface area contributed by atoms with Crippen molar-refractivity contribution in [3.05, 3.63) is 15.8 Å².